The van der Waals surface area contributed by atoms with Crippen LogP contribution >= 0.6 is 0 Å². The number of carbonyl (C=O) groups excluding carboxylic acids is 1. The monoisotopic (exact) mass is 315 g/mol. The van der Waals surface area contributed by atoms with Crippen LogP contribution in [0.4, 0.5) is 0 Å². The zero-order valence-corrected chi connectivity index (χ0v) is 13.3. The fourth-order valence-electron chi connectivity index (χ4n) is 2.37. The molecule has 0 aliphatic carbocycles. The van der Waals surface area contributed by atoms with Gasteiger partial charge in [-0.2, -0.15) is 5.10 Å². The minimum Gasteiger partial charge on any atom is -0.480 e. The van der Waals surface area contributed by atoms with Crippen molar-refractivity contribution < 1.29 is 14.7 Å². The number of nitrogens with one attached hydrogen (secondary N) is 1. The first-order chi connectivity index (χ1) is 11.0. The highest BCUT2D eigenvalue weighted by atomic mass is 16.4. The second kappa shape index (κ2) is 7.58. The predicted octanol–water partition coefficient (Wildman–Crippen LogP) is 2.22. The first-order valence-corrected chi connectivity index (χ1v) is 7.63. The maximum atomic E-state index is 12.3. The second-order valence-electron chi connectivity index (χ2n) is 5.44. The molecule has 2 aromatic rings. The molecule has 6 nitrogen and oxygen atoms in total. The Balaban J connectivity index is 2.11. The lowest BCUT2D eigenvalue weighted by atomic mass is 10.1. The molecule has 0 spiro atoms. The molecule has 0 bridgehead atoms. The van der Waals surface area contributed by atoms with Crippen molar-refractivity contribution in [2.45, 2.75) is 39.3 Å². The van der Waals surface area contributed by atoms with Gasteiger partial charge >= 0.3 is 5.97 Å². The Bertz CT molecular complexity index is 680. The van der Waals surface area contributed by atoms with Crippen LogP contribution in [0.2, 0.25) is 0 Å². The summed E-state index contributed by atoms with van der Waals surface area (Å²) < 4.78 is 1.74. The van der Waals surface area contributed by atoms with Crippen molar-refractivity contribution in [3.8, 4) is 0 Å². The summed E-state index contributed by atoms with van der Waals surface area (Å²) in [4.78, 5) is 23.4. The van der Waals surface area contributed by atoms with Crippen molar-refractivity contribution in [3.05, 3.63) is 53.3 Å². The van der Waals surface area contributed by atoms with Gasteiger partial charge in [-0.3, -0.25) is 9.48 Å². The number of aromatic nitrogens is 2. The van der Waals surface area contributed by atoms with Crippen LogP contribution in [0.1, 0.15) is 41.4 Å². The third-order valence-electron chi connectivity index (χ3n) is 3.70. The standard InChI is InChI=1S/C17H21N3O3/c1-3-7-15(17(22)23)19-16(21)14-10-18-20(12(14)2)11-13-8-5-4-6-9-13/h4-6,8-10,15H,3,7,11H2,1-2H3,(H,19,21)(H,22,23). The molecule has 1 atom stereocenters. The predicted molar refractivity (Wildman–Crippen MR) is 86.3 cm³/mol. The lowest BCUT2D eigenvalue weighted by Gasteiger charge is -2.13. The molecule has 0 aliphatic rings. The molecule has 122 valence electrons. The first kappa shape index (κ1) is 16.7. The normalized spacial score (nSPS) is 11.9. The molecule has 2 N–H and O–H groups in total. The Labute approximate surface area is 135 Å². The number of rotatable bonds is 7. The summed E-state index contributed by atoms with van der Waals surface area (Å²) in [6, 6.07) is 8.95. The number of hydrogen-bond acceptors (Lipinski definition) is 3. The summed E-state index contributed by atoms with van der Waals surface area (Å²) >= 11 is 0. The molecule has 6 heteroatoms. The summed E-state index contributed by atoms with van der Waals surface area (Å²) in [5.74, 6) is -1.42. The third-order valence-corrected chi connectivity index (χ3v) is 3.70. The van der Waals surface area contributed by atoms with Gasteiger partial charge in [-0.25, -0.2) is 4.79 Å². The highest BCUT2D eigenvalue weighted by molar-refractivity contribution is 5.97. The zero-order chi connectivity index (χ0) is 16.8. The van der Waals surface area contributed by atoms with Gasteiger partial charge in [-0.1, -0.05) is 43.7 Å². The Morgan fingerprint density at radius 1 is 1.30 bits per heavy atom. The molecule has 0 aliphatic heterocycles. The number of benzene rings is 1. The Hall–Kier alpha value is -2.63. The van der Waals surface area contributed by atoms with E-state index < -0.39 is 17.9 Å². The summed E-state index contributed by atoms with van der Waals surface area (Å²) in [6.07, 6.45) is 2.57. The van der Waals surface area contributed by atoms with Gasteiger partial charge in [0.25, 0.3) is 5.91 Å². The molecule has 1 aromatic heterocycles. The number of amides is 1. The number of carbonyl (C=O) groups is 2. The summed E-state index contributed by atoms with van der Waals surface area (Å²) in [5.41, 5.74) is 2.20. The minimum absolute atomic E-state index is 0.400. The van der Waals surface area contributed by atoms with E-state index >= 15 is 0 Å². The van der Waals surface area contributed by atoms with Gasteiger partial charge < -0.3 is 10.4 Å². The van der Waals surface area contributed by atoms with Crippen LogP contribution in [0.25, 0.3) is 0 Å². The van der Waals surface area contributed by atoms with E-state index in [1.165, 1.54) is 6.20 Å². The van der Waals surface area contributed by atoms with Crippen LogP contribution in [0.5, 0.6) is 0 Å². The molecular weight excluding hydrogens is 294 g/mol. The van der Waals surface area contributed by atoms with Crippen LogP contribution in [-0.2, 0) is 11.3 Å². The smallest absolute Gasteiger partial charge is 0.326 e. The molecule has 1 aromatic carbocycles. The molecule has 0 saturated carbocycles. The highest BCUT2D eigenvalue weighted by Crippen LogP contribution is 2.11. The summed E-state index contributed by atoms with van der Waals surface area (Å²) in [5, 5.41) is 15.9. The number of hydrogen-bond donors (Lipinski definition) is 2. The SMILES string of the molecule is CCCC(NC(=O)c1cnn(Cc2ccccc2)c1C)C(=O)O. The van der Waals surface area contributed by atoms with Gasteiger partial charge in [-0.15, -0.1) is 0 Å². The van der Waals surface area contributed by atoms with Gasteiger partial charge in [0.05, 0.1) is 18.3 Å². The molecule has 1 unspecified atom stereocenters. The first-order valence-electron chi connectivity index (χ1n) is 7.63. The van der Waals surface area contributed by atoms with E-state index in [2.05, 4.69) is 10.4 Å². The number of aliphatic carboxylic acids is 1. The Morgan fingerprint density at radius 2 is 2.00 bits per heavy atom. The van der Waals surface area contributed by atoms with E-state index in [1.807, 2.05) is 37.3 Å². The fraction of sp³-hybridized carbons (Fsp3) is 0.353. The number of carboxylic acid groups (broad SMARTS) is 1. The number of nitrogens with zero attached hydrogens (tertiary/aromatic N) is 2. The second-order valence-corrected chi connectivity index (χ2v) is 5.44. The third kappa shape index (κ3) is 4.18. The molecular formula is C17H21N3O3. The van der Waals surface area contributed by atoms with E-state index in [0.717, 1.165) is 5.56 Å². The van der Waals surface area contributed by atoms with E-state index in [-0.39, 0.29) is 0 Å². The molecule has 2 rings (SSSR count). The van der Waals surface area contributed by atoms with E-state index in [1.54, 1.807) is 11.6 Å². The average Bonchev–Trinajstić information content (AvgIpc) is 2.89. The minimum atomic E-state index is -1.02. The maximum Gasteiger partial charge on any atom is 0.326 e. The Morgan fingerprint density at radius 3 is 2.61 bits per heavy atom. The van der Waals surface area contributed by atoms with Crippen molar-refractivity contribution in [2.24, 2.45) is 0 Å². The van der Waals surface area contributed by atoms with Gasteiger partial charge in [0.15, 0.2) is 0 Å². The zero-order valence-electron chi connectivity index (χ0n) is 13.3. The van der Waals surface area contributed by atoms with Gasteiger partial charge in [0.2, 0.25) is 0 Å². The van der Waals surface area contributed by atoms with Crippen LogP contribution in [0.15, 0.2) is 36.5 Å². The van der Waals surface area contributed by atoms with Gasteiger partial charge in [-0.05, 0) is 18.9 Å². The Kier molecular flexibility index (Phi) is 5.51. The van der Waals surface area contributed by atoms with E-state index in [9.17, 15) is 9.59 Å². The van der Waals surface area contributed by atoms with Crippen LogP contribution in [0, 0.1) is 6.92 Å². The van der Waals surface area contributed by atoms with Crippen molar-refractivity contribution in [2.75, 3.05) is 0 Å². The van der Waals surface area contributed by atoms with E-state index in [4.69, 9.17) is 5.11 Å². The largest absolute Gasteiger partial charge is 0.480 e. The molecule has 1 heterocycles. The molecule has 0 saturated heterocycles. The van der Waals surface area contributed by atoms with Gasteiger partial charge in [0.1, 0.15) is 6.04 Å². The summed E-state index contributed by atoms with van der Waals surface area (Å²) in [6.45, 7) is 4.25. The molecule has 23 heavy (non-hydrogen) atoms. The van der Waals surface area contributed by atoms with Gasteiger partial charge in [0, 0.05) is 5.69 Å². The maximum absolute atomic E-state index is 12.3. The van der Waals surface area contributed by atoms with Crippen LogP contribution in [0.3, 0.4) is 0 Å². The molecule has 0 radical (unpaired) electrons. The molecule has 0 fully saturated rings. The number of carboxylic acids is 1. The van der Waals surface area contributed by atoms with E-state index in [0.29, 0.717) is 30.6 Å². The lowest BCUT2D eigenvalue weighted by Crippen LogP contribution is -2.40. The van der Waals surface area contributed by atoms with Crippen LogP contribution in [-0.4, -0.2) is 32.8 Å². The fourth-order valence-corrected chi connectivity index (χ4v) is 2.37. The average molecular weight is 315 g/mol. The van der Waals surface area contributed by atoms with Crippen molar-refractivity contribution in [3.63, 3.8) is 0 Å². The highest BCUT2D eigenvalue weighted by Gasteiger charge is 2.22. The topological polar surface area (TPSA) is 84.2 Å². The van der Waals surface area contributed by atoms with Crippen molar-refractivity contribution in [1.29, 1.82) is 0 Å². The lowest BCUT2D eigenvalue weighted by molar-refractivity contribution is -0.139. The van der Waals surface area contributed by atoms with Crippen LogP contribution < -0.4 is 5.32 Å². The van der Waals surface area contributed by atoms with Crippen molar-refractivity contribution >= 4 is 11.9 Å². The summed E-state index contributed by atoms with van der Waals surface area (Å²) in [7, 11) is 0. The molecule has 1 amide bonds. The quantitative estimate of drug-likeness (QED) is 0.820. The van der Waals surface area contributed by atoms with Crippen molar-refractivity contribution in [1.82, 2.24) is 15.1 Å².